The van der Waals surface area contributed by atoms with Crippen molar-refractivity contribution in [3.8, 4) is 0 Å². The lowest BCUT2D eigenvalue weighted by Crippen LogP contribution is -2.29. The Morgan fingerprint density at radius 3 is 1.03 bits per heavy atom. The van der Waals surface area contributed by atoms with Crippen LogP contribution in [0.25, 0.3) is 0 Å². The van der Waals surface area contributed by atoms with E-state index in [0.29, 0.717) is 0 Å². The molecular weight excluding hydrogens is 464 g/mol. The smallest absolute Gasteiger partial charge is 0.0833 e. The van der Waals surface area contributed by atoms with Gasteiger partial charge in [0.15, 0.2) is 0 Å². The number of hydrogen-bond donors (Lipinski definition) is 1. The first-order valence-electron chi connectivity index (χ1n) is 18.1. The zero-order valence-corrected chi connectivity index (χ0v) is 26.9. The van der Waals surface area contributed by atoms with E-state index in [9.17, 15) is 5.11 Å². The lowest BCUT2D eigenvalue weighted by atomic mass is 9.99. The summed E-state index contributed by atoms with van der Waals surface area (Å²) in [5, 5.41) is 10.9. The highest BCUT2D eigenvalue weighted by molar-refractivity contribution is 4.70. The fourth-order valence-electron chi connectivity index (χ4n) is 5.72. The highest BCUT2D eigenvalue weighted by Crippen LogP contribution is 2.19. The van der Waals surface area contributed by atoms with Gasteiger partial charge >= 0.3 is 0 Å². The van der Waals surface area contributed by atoms with Gasteiger partial charge in [-0.1, -0.05) is 194 Å². The fraction of sp³-hybridized carbons (Fsp3) is 1.00. The van der Waals surface area contributed by atoms with Crippen molar-refractivity contribution in [2.24, 2.45) is 0 Å². The number of aliphatic hydroxyl groups is 1. The molecule has 0 heterocycles. The topological polar surface area (TPSA) is 29.5 Å². The van der Waals surface area contributed by atoms with E-state index >= 15 is 0 Å². The molecule has 0 saturated heterocycles. The summed E-state index contributed by atoms with van der Waals surface area (Å²) in [6.45, 7) is 7.70. The summed E-state index contributed by atoms with van der Waals surface area (Å²) >= 11 is 0. The van der Waals surface area contributed by atoms with Crippen LogP contribution in [0.5, 0.6) is 0 Å². The summed E-state index contributed by atoms with van der Waals surface area (Å²) in [5.41, 5.74) is 0. The van der Waals surface area contributed by atoms with Crippen molar-refractivity contribution >= 4 is 0 Å². The van der Waals surface area contributed by atoms with Crippen LogP contribution in [0.3, 0.4) is 0 Å². The second-order valence-corrected chi connectivity index (χ2v) is 12.4. The van der Waals surface area contributed by atoms with Crippen LogP contribution < -0.4 is 0 Å². The van der Waals surface area contributed by atoms with Gasteiger partial charge in [0.1, 0.15) is 0 Å². The van der Waals surface area contributed by atoms with Gasteiger partial charge in [0, 0.05) is 6.61 Å². The normalized spacial score (nSPS) is 13.3. The zero-order valence-electron chi connectivity index (χ0n) is 26.9. The maximum Gasteiger partial charge on any atom is 0.0833 e. The zero-order chi connectivity index (χ0) is 27.8. The minimum absolute atomic E-state index is 0.0626. The quantitative estimate of drug-likeness (QED) is 0.0842. The van der Waals surface area contributed by atoms with Crippen LogP contribution in [0.2, 0.25) is 0 Å². The van der Waals surface area contributed by atoms with Crippen molar-refractivity contribution in [1.82, 2.24) is 0 Å². The Kier molecular flexibility index (Phi) is 33.1. The van der Waals surface area contributed by atoms with Crippen molar-refractivity contribution < 1.29 is 9.84 Å². The molecule has 2 heteroatoms. The van der Waals surface area contributed by atoms with E-state index in [1.807, 2.05) is 0 Å². The third-order valence-corrected chi connectivity index (χ3v) is 8.45. The second-order valence-electron chi connectivity index (χ2n) is 12.4. The molecule has 38 heavy (non-hydrogen) atoms. The SMILES string of the molecule is CCCCCCCCCCCCCCCCOC(CCCCCCC)C(O)CCCCCCCCCCC. The van der Waals surface area contributed by atoms with Crippen molar-refractivity contribution in [2.45, 2.75) is 226 Å². The molecule has 0 amide bonds. The average Bonchev–Trinajstić information content (AvgIpc) is 2.92. The molecule has 0 radical (unpaired) electrons. The van der Waals surface area contributed by atoms with Crippen LogP contribution in [0.15, 0.2) is 0 Å². The summed E-state index contributed by atoms with van der Waals surface area (Å²) in [6.07, 6.45) is 39.8. The van der Waals surface area contributed by atoms with Gasteiger partial charge in [0.2, 0.25) is 0 Å². The fourth-order valence-corrected chi connectivity index (χ4v) is 5.72. The summed E-state index contributed by atoms with van der Waals surface area (Å²) in [4.78, 5) is 0. The van der Waals surface area contributed by atoms with E-state index in [-0.39, 0.29) is 12.2 Å². The monoisotopic (exact) mass is 539 g/mol. The standard InChI is InChI=1S/C36H74O2/c1-4-7-10-13-15-17-18-19-20-21-23-25-28-31-34-38-36(33-30-26-12-9-6-3)35(37)32-29-27-24-22-16-14-11-8-5-2/h35-37H,4-34H2,1-3H3. The molecule has 2 atom stereocenters. The molecule has 0 spiro atoms. The van der Waals surface area contributed by atoms with E-state index in [2.05, 4.69) is 20.8 Å². The highest BCUT2D eigenvalue weighted by Gasteiger charge is 2.19. The van der Waals surface area contributed by atoms with E-state index in [4.69, 9.17) is 4.74 Å². The van der Waals surface area contributed by atoms with Gasteiger partial charge in [0.05, 0.1) is 12.2 Å². The molecule has 1 N–H and O–H groups in total. The first-order valence-corrected chi connectivity index (χ1v) is 18.1. The molecular formula is C36H74O2. The van der Waals surface area contributed by atoms with E-state index in [0.717, 1.165) is 32.3 Å². The highest BCUT2D eigenvalue weighted by atomic mass is 16.5. The molecule has 0 aromatic rings. The van der Waals surface area contributed by atoms with E-state index in [1.54, 1.807) is 0 Å². The predicted molar refractivity (Wildman–Crippen MR) is 171 cm³/mol. The van der Waals surface area contributed by atoms with Crippen LogP contribution in [-0.2, 0) is 4.74 Å². The summed E-state index contributed by atoms with van der Waals surface area (Å²) in [5.74, 6) is 0. The van der Waals surface area contributed by atoms with Crippen molar-refractivity contribution in [2.75, 3.05) is 6.61 Å². The Balaban J connectivity index is 3.84. The Labute approximate surface area is 241 Å². The summed E-state index contributed by atoms with van der Waals surface area (Å²) in [6, 6.07) is 0. The van der Waals surface area contributed by atoms with Gasteiger partial charge < -0.3 is 9.84 Å². The van der Waals surface area contributed by atoms with Crippen LogP contribution in [0.1, 0.15) is 213 Å². The van der Waals surface area contributed by atoms with Gasteiger partial charge in [-0.15, -0.1) is 0 Å². The molecule has 0 saturated carbocycles. The molecule has 0 aromatic heterocycles. The van der Waals surface area contributed by atoms with Crippen molar-refractivity contribution in [3.05, 3.63) is 0 Å². The Morgan fingerprint density at radius 2 is 0.658 bits per heavy atom. The molecule has 0 aliphatic heterocycles. The maximum absolute atomic E-state index is 10.9. The maximum atomic E-state index is 10.9. The summed E-state index contributed by atoms with van der Waals surface area (Å²) < 4.78 is 6.30. The van der Waals surface area contributed by atoms with Crippen molar-refractivity contribution in [3.63, 3.8) is 0 Å². The Morgan fingerprint density at radius 1 is 0.368 bits per heavy atom. The minimum Gasteiger partial charge on any atom is -0.390 e. The predicted octanol–water partition coefficient (Wildman–Crippen LogP) is 12.5. The van der Waals surface area contributed by atoms with Crippen LogP contribution >= 0.6 is 0 Å². The Hall–Kier alpha value is -0.0800. The largest absolute Gasteiger partial charge is 0.390 e. The molecule has 0 fully saturated rings. The van der Waals surface area contributed by atoms with Crippen LogP contribution in [0, 0.1) is 0 Å². The first-order chi connectivity index (χ1) is 18.8. The third-order valence-electron chi connectivity index (χ3n) is 8.45. The third kappa shape index (κ3) is 28.9. The van der Waals surface area contributed by atoms with Gasteiger partial charge in [-0.3, -0.25) is 0 Å². The molecule has 0 aliphatic carbocycles. The summed E-state index contributed by atoms with van der Waals surface area (Å²) in [7, 11) is 0. The van der Waals surface area contributed by atoms with Gasteiger partial charge in [0.25, 0.3) is 0 Å². The molecule has 0 bridgehead atoms. The number of ether oxygens (including phenoxy) is 1. The molecule has 0 rings (SSSR count). The number of aliphatic hydroxyl groups excluding tert-OH is 1. The number of rotatable bonds is 33. The van der Waals surface area contributed by atoms with E-state index < -0.39 is 0 Å². The van der Waals surface area contributed by atoms with Gasteiger partial charge in [-0.25, -0.2) is 0 Å². The second kappa shape index (κ2) is 33.1. The Bertz CT molecular complexity index is 410. The minimum atomic E-state index is -0.266. The lowest BCUT2D eigenvalue weighted by molar-refractivity contribution is -0.0474. The molecule has 2 nitrogen and oxygen atoms in total. The molecule has 0 aliphatic rings. The number of unbranched alkanes of at least 4 members (excludes halogenated alkanes) is 25. The van der Waals surface area contributed by atoms with Crippen LogP contribution in [0.4, 0.5) is 0 Å². The average molecular weight is 539 g/mol. The first kappa shape index (κ1) is 37.9. The lowest BCUT2D eigenvalue weighted by Gasteiger charge is -2.24. The number of hydrogen-bond acceptors (Lipinski definition) is 2. The van der Waals surface area contributed by atoms with Crippen molar-refractivity contribution in [1.29, 1.82) is 0 Å². The van der Waals surface area contributed by atoms with Crippen LogP contribution in [-0.4, -0.2) is 23.9 Å². The molecule has 2 unspecified atom stereocenters. The molecule has 230 valence electrons. The van der Waals surface area contributed by atoms with Gasteiger partial charge in [-0.2, -0.15) is 0 Å². The van der Waals surface area contributed by atoms with E-state index in [1.165, 1.54) is 167 Å². The molecule has 0 aromatic carbocycles. The van der Waals surface area contributed by atoms with Gasteiger partial charge in [-0.05, 0) is 19.3 Å².